The smallest absolute Gasteiger partial charge is 0.168 e. The second kappa shape index (κ2) is 13.2. The molecular formula is C37H32N2OS2. The quantitative estimate of drug-likeness (QED) is 0.132. The highest BCUT2D eigenvalue weighted by atomic mass is 32.1. The summed E-state index contributed by atoms with van der Waals surface area (Å²) >= 11 is 3.28. The van der Waals surface area contributed by atoms with E-state index < -0.39 is 0 Å². The molecule has 2 aromatic heterocycles. The van der Waals surface area contributed by atoms with E-state index in [1.54, 1.807) is 22.7 Å². The maximum absolute atomic E-state index is 5.91. The summed E-state index contributed by atoms with van der Waals surface area (Å²) in [5.74, 6) is 14.0. The Morgan fingerprint density at radius 1 is 0.595 bits per heavy atom. The molecule has 0 radical (unpaired) electrons. The highest BCUT2D eigenvalue weighted by molar-refractivity contribution is 7.21. The molecule has 42 heavy (non-hydrogen) atoms. The average Bonchev–Trinajstić information content (AvgIpc) is 3.64. The van der Waals surface area contributed by atoms with Gasteiger partial charge in [-0.05, 0) is 73.7 Å². The van der Waals surface area contributed by atoms with Gasteiger partial charge in [-0.1, -0.05) is 80.7 Å². The fourth-order valence-electron chi connectivity index (χ4n) is 4.88. The van der Waals surface area contributed by atoms with Gasteiger partial charge in [-0.25, -0.2) is 9.97 Å². The maximum atomic E-state index is 5.91. The highest BCUT2D eigenvalue weighted by Crippen LogP contribution is 2.36. The van der Waals surface area contributed by atoms with E-state index in [0.717, 1.165) is 60.4 Å². The van der Waals surface area contributed by atoms with Gasteiger partial charge in [-0.3, -0.25) is 0 Å². The summed E-state index contributed by atoms with van der Waals surface area (Å²) in [6, 6.07) is 24.8. The Morgan fingerprint density at radius 3 is 1.69 bits per heavy atom. The van der Waals surface area contributed by atoms with E-state index in [1.165, 1.54) is 48.4 Å². The molecule has 0 saturated heterocycles. The minimum Gasteiger partial charge on any atom is -0.494 e. The standard InChI is InChI=1S/C37H32N2OS2/c1-3-4-5-6-7-8-25-40-29-17-13-28(14-18-29)16-24-35-39-33-22-20-30-31(37(33)42-35)19-21-32-36(30)41-34(38-32)23-15-27-11-9-26(2)10-12-27/h9-14,17-22H,3-8,25H2,1-2H3. The van der Waals surface area contributed by atoms with Crippen molar-refractivity contribution in [1.82, 2.24) is 9.97 Å². The largest absolute Gasteiger partial charge is 0.494 e. The monoisotopic (exact) mass is 584 g/mol. The fourth-order valence-corrected chi connectivity index (χ4v) is 6.77. The van der Waals surface area contributed by atoms with Crippen molar-refractivity contribution in [3.05, 3.63) is 99.5 Å². The van der Waals surface area contributed by atoms with Crippen LogP contribution in [0.25, 0.3) is 31.2 Å². The molecule has 0 aliphatic rings. The second-order valence-electron chi connectivity index (χ2n) is 10.5. The van der Waals surface area contributed by atoms with Crippen LogP contribution in [0.2, 0.25) is 0 Å². The van der Waals surface area contributed by atoms with E-state index in [1.807, 2.05) is 36.4 Å². The number of fused-ring (bicyclic) bond motifs is 5. The van der Waals surface area contributed by atoms with Crippen LogP contribution in [0.5, 0.6) is 5.75 Å². The molecule has 0 spiro atoms. The third kappa shape index (κ3) is 6.66. The molecule has 0 bridgehead atoms. The Labute approximate surface area is 255 Å². The molecule has 6 aromatic rings. The Hall–Kier alpha value is -4.16. The summed E-state index contributed by atoms with van der Waals surface area (Å²) in [5.41, 5.74) is 5.13. The number of thiazole rings is 2. The lowest BCUT2D eigenvalue weighted by Crippen LogP contribution is -1.97. The van der Waals surface area contributed by atoms with Crippen LogP contribution < -0.4 is 4.74 Å². The molecule has 0 unspecified atom stereocenters. The fraction of sp³-hybridized carbons (Fsp3) is 0.243. The molecule has 4 aromatic carbocycles. The number of aryl methyl sites for hydroxylation is 1. The van der Waals surface area contributed by atoms with E-state index >= 15 is 0 Å². The number of hydrogen-bond acceptors (Lipinski definition) is 5. The van der Waals surface area contributed by atoms with Gasteiger partial charge >= 0.3 is 0 Å². The van der Waals surface area contributed by atoms with E-state index in [4.69, 9.17) is 14.7 Å². The zero-order valence-corrected chi connectivity index (χ0v) is 25.6. The van der Waals surface area contributed by atoms with Crippen LogP contribution >= 0.6 is 22.7 Å². The van der Waals surface area contributed by atoms with Crippen molar-refractivity contribution in [3.63, 3.8) is 0 Å². The van der Waals surface area contributed by atoms with Crippen LogP contribution in [0, 0.1) is 30.6 Å². The van der Waals surface area contributed by atoms with E-state index in [-0.39, 0.29) is 0 Å². The molecule has 208 valence electrons. The molecule has 0 aliphatic carbocycles. The van der Waals surface area contributed by atoms with Crippen molar-refractivity contribution in [1.29, 1.82) is 0 Å². The summed E-state index contributed by atoms with van der Waals surface area (Å²) in [6.07, 6.45) is 7.59. The molecule has 6 rings (SSSR count). The molecule has 5 heteroatoms. The number of rotatable bonds is 8. The van der Waals surface area contributed by atoms with Gasteiger partial charge in [0.05, 0.1) is 27.0 Å². The Bertz CT molecular complexity index is 1960. The number of ether oxygens (including phenoxy) is 1. The van der Waals surface area contributed by atoms with Crippen molar-refractivity contribution in [3.8, 4) is 29.4 Å². The third-order valence-corrected chi connectivity index (χ3v) is 9.24. The third-order valence-electron chi connectivity index (χ3n) is 7.20. The van der Waals surface area contributed by atoms with Crippen LogP contribution in [-0.2, 0) is 0 Å². The minimum absolute atomic E-state index is 0.771. The SMILES string of the molecule is CCCCCCCCOc1ccc(C#Cc2nc3ccc4c(ccc5nc(C#Cc6ccc(C)cc6)sc54)c3s2)cc1. The Balaban J connectivity index is 1.16. The molecule has 2 heterocycles. The Morgan fingerprint density at radius 2 is 1.12 bits per heavy atom. The molecule has 0 aliphatic heterocycles. The summed E-state index contributed by atoms with van der Waals surface area (Å²) in [4.78, 5) is 9.60. The number of hydrogen-bond donors (Lipinski definition) is 0. The van der Waals surface area contributed by atoms with E-state index in [9.17, 15) is 0 Å². The second-order valence-corrected chi connectivity index (χ2v) is 12.5. The molecule has 0 saturated carbocycles. The van der Waals surface area contributed by atoms with Crippen LogP contribution in [-0.4, -0.2) is 16.6 Å². The van der Waals surface area contributed by atoms with Crippen LogP contribution in [0.15, 0.2) is 72.8 Å². The lowest BCUT2D eigenvalue weighted by molar-refractivity contribution is 0.304. The van der Waals surface area contributed by atoms with E-state index in [0.29, 0.717) is 0 Å². The minimum atomic E-state index is 0.771. The normalized spacial score (nSPS) is 10.9. The lowest BCUT2D eigenvalue weighted by Gasteiger charge is -2.06. The Kier molecular flexibility index (Phi) is 8.80. The predicted octanol–water partition coefficient (Wildman–Crippen LogP) is 9.91. The summed E-state index contributed by atoms with van der Waals surface area (Å²) in [6.45, 7) is 5.10. The molecule has 0 N–H and O–H groups in total. The highest BCUT2D eigenvalue weighted by Gasteiger charge is 2.11. The van der Waals surface area contributed by atoms with Crippen molar-refractivity contribution >= 4 is 53.9 Å². The van der Waals surface area contributed by atoms with Gasteiger partial charge in [0.2, 0.25) is 0 Å². The van der Waals surface area contributed by atoms with Gasteiger partial charge in [-0.2, -0.15) is 0 Å². The van der Waals surface area contributed by atoms with E-state index in [2.05, 4.69) is 73.9 Å². The molecule has 3 nitrogen and oxygen atoms in total. The maximum Gasteiger partial charge on any atom is 0.168 e. The first-order chi connectivity index (χ1) is 20.7. The van der Waals surface area contributed by atoms with Crippen LogP contribution in [0.1, 0.15) is 72.2 Å². The number of nitrogens with zero attached hydrogens (tertiary/aromatic N) is 2. The molecule has 0 amide bonds. The van der Waals surface area contributed by atoms with Crippen molar-refractivity contribution < 1.29 is 4.74 Å². The first-order valence-electron chi connectivity index (χ1n) is 14.6. The zero-order valence-electron chi connectivity index (χ0n) is 24.0. The summed E-state index contributed by atoms with van der Waals surface area (Å²) in [7, 11) is 0. The number of unbranched alkanes of at least 4 members (excludes halogenated alkanes) is 5. The van der Waals surface area contributed by atoms with Crippen LogP contribution in [0.4, 0.5) is 0 Å². The molecular weight excluding hydrogens is 553 g/mol. The molecule has 0 atom stereocenters. The first-order valence-corrected chi connectivity index (χ1v) is 16.3. The lowest BCUT2D eigenvalue weighted by atomic mass is 10.1. The predicted molar refractivity (Wildman–Crippen MR) is 179 cm³/mol. The van der Waals surface area contributed by atoms with Crippen LogP contribution in [0.3, 0.4) is 0 Å². The number of aromatic nitrogens is 2. The number of benzene rings is 4. The van der Waals surface area contributed by atoms with Gasteiger partial charge in [0.15, 0.2) is 10.0 Å². The van der Waals surface area contributed by atoms with Crippen molar-refractivity contribution in [2.75, 3.05) is 6.61 Å². The zero-order chi connectivity index (χ0) is 28.7. The van der Waals surface area contributed by atoms with Gasteiger partial charge in [-0.15, -0.1) is 22.7 Å². The summed E-state index contributed by atoms with van der Waals surface area (Å²) in [5, 5.41) is 4.00. The van der Waals surface area contributed by atoms with Gasteiger partial charge in [0, 0.05) is 21.9 Å². The first kappa shape index (κ1) is 28.0. The van der Waals surface area contributed by atoms with Gasteiger partial charge in [0.1, 0.15) is 5.75 Å². The summed E-state index contributed by atoms with van der Waals surface area (Å²) < 4.78 is 8.22. The topological polar surface area (TPSA) is 35.0 Å². The van der Waals surface area contributed by atoms with Crippen molar-refractivity contribution in [2.24, 2.45) is 0 Å². The average molecular weight is 585 g/mol. The van der Waals surface area contributed by atoms with Crippen molar-refractivity contribution in [2.45, 2.75) is 52.4 Å². The molecule has 0 fully saturated rings. The van der Waals surface area contributed by atoms with Gasteiger partial charge < -0.3 is 4.74 Å². The van der Waals surface area contributed by atoms with Gasteiger partial charge in [0.25, 0.3) is 0 Å².